The number of nitrogens with two attached hydrogens (primary N) is 1. The number of nitrogen functional groups attached to an aromatic ring is 1. The third-order valence-corrected chi connectivity index (χ3v) is 9.20. The van der Waals surface area contributed by atoms with Crippen LogP contribution in [0.3, 0.4) is 0 Å². The average Bonchev–Trinajstić information content (AvgIpc) is 3.57. The minimum Gasteiger partial charge on any atom is -0.465 e. The fraction of sp³-hybridized carbons (Fsp3) is 0.355. The molecule has 3 aromatic carbocycles. The number of benzene rings is 3. The highest BCUT2D eigenvalue weighted by Gasteiger charge is 2.68. The summed E-state index contributed by atoms with van der Waals surface area (Å²) in [6.45, 7) is 0.767. The molecule has 6 rings (SSSR count). The van der Waals surface area contributed by atoms with Crippen molar-refractivity contribution in [2.45, 2.75) is 43.4 Å². The van der Waals surface area contributed by atoms with Crippen molar-refractivity contribution in [3.63, 3.8) is 0 Å². The first-order chi connectivity index (χ1) is 19.7. The van der Waals surface area contributed by atoms with E-state index in [1.165, 1.54) is 13.2 Å². The second-order valence-electron chi connectivity index (χ2n) is 10.6. The molecule has 2 fully saturated rings. The van der Waals surface area contributed by atoms with E-state index in [1.54, 1.807) is 43.5 Å². The lowest BCUT2D eigenvalue weighted by molar-refractivity contribution is -0.128. The number of carbonyl (C=O) groups excluding carboxylic acids is 2. The topological polar surface area (TPSA) is 106 Å². The largest absolute Gasteiger partial charge is 0.465 e. The molecule has 3 aliphatic heterocycles. The number of nitrogens with one attached hydrogen (secondary N) is 2. The summed E-state index contributed by atoms with van der Waals surface area (Å²) in [6.07, 6.45) is 0.576. The third-order valence-electron chi connectivity index (χ3n) is 8.67. The van der Waals surface area contributed by atoms with Gasteiger partial charge in [-0.1, -0.05) is 54.9 Å². The van der Waals surface area contributed by atoms with Crippen LogP contribution in [0.4, 0.5) is 15.8 Å². The number of anilines is 2. The van der Waals surface area contributed by atoms with Gasteiger partial charge in [0.05, 0.1) is 24.3 Å². The molecule has 1 unspecified atom stereocenters. The van der Waals surface area contributed by atoms with Crippen LogP contribution in [0.5, 0.6) is 0 Å². The molecule has 2 saturated heterocycles. The number of rotatable bonds is 6. The molecule has 222 valence electrons. The maximum atomic E-state index is 15.9. The zero-order valence-electron chi connectivity index (χ0n) is 22.4. The molecule has 0 radical (unpaired) electrons. The van der Waals surface area contributed by atoms with Crippen molar-refractivity contribution >= 4 is 46.5 Å². The van der Waals surface area contributed by atoms with Gasteiger partial charge in [0.25, 0.3) is 0 Å². The highest BCUT2D eigenvalue weighted by atomic mass is 35.5. The number of hydrogen-bond acceptors (Lipinski definition) is 7. The van der Waals surface area contributed by atoms with Gasteiger partial charge in [-0.3, -0.25) is 9.69 Å². The van der Waals surface area contributed by atoms with Crippen LogP contribution < -0.4 is 16.4 Å². The third kappa shape index (κ3) is 4.46. The Morgan fingerprint density at radius 3 is 2.64 bits per heavy atom. The zero-order valence-corrected chi connectivity index (χ0v) is 23.9. The van der Waals surface area contributed by atoms with E-state index in [9.17, 15) is 9.59 Å². The second kappa shape index (κ2) is 11.5. The lowest BCUT2D eigenvalue weighted by Gasteiger charge is -2.40. The van der Waals surface area contributed by atoms with Gasteiger partial charge < -0.3 is 25.8 Å². The fourth-order valence-electron chi connectivity index (χ4n) is 7.09. The number of ether oxygens (including phenoxy) is 2. The molecule has 5 atom stereocenters. The Labute approximate surface area is 254 Å². The maximum Gasteiger partial charge on any atom is 0.337 e. The number of carbonyl (C=O) groups is 2. The summed E-state index contributed by atoms with van der Waals surface area (Å²) in [4.78, 5) is 28.4. The summed E-state index contributed by atoms with van der Waals surface area (Å²) in [5, 5.41) is 7.18. The Hall–Kier alpha value is -3.21. The number of fused-ring (bicyclic) bond motifs is 3. The van der Waals surface area contributed by atoms with Gasteiger partial charge in [-0.2, -0.15) is 0 Å². The average molecular weight is 616 g/mol. The quantitative estimate of drug-likeness (QED) is 0.248. The minimum absolute atomic E-state index is 0. The number of esters is 1. The van der Waals surface area contributed by atoms with Crippen molar-refractivity contribution in [1.82, 2.24) is 10.2 Å². The molecule has 3 aliphatic rings. The summed E-state index contributed by atoms with van der Waals surface area (Å²) in [6, 6.07) is 14.5. The first-order valence-electron chi connectivity index (χ1n) is 13.3. The molecule has 3 aromatic rings. The van der Waals surface area contributed by atoms with Crippen LogP contribution in [0.25, 0.3) is 0 Å². The van der Waals surface area contributed by atoms with Gasteiger partial charge in [0.15, 0.2) is 0 Å². The number of hydrogen-bond donors (Lipinski definition) is 3. The van der Waals surface area contributed by atoms with E-state index in [2.05, 4.69) is 15.5 Å². The van der Waals surface area contributed by atoms with Crippen LogP contribution in [0.2, 0.25) is 10.0 Å². The van der Waals surface area contributed by atoms with Gasteiger partial charge in [0, 0.05) is 59.7 Å². The number of amides is 1. The summed E-state index contributed by atoms with van der Waals surface area (Å²) in [7, 11) is 2.92. The number of methoxy groups -OCH3 is 2. The van der Waals surface area contributed by atoms with Crippen molar-refractivity contribution in [3.8, 4) is 0 Å². The highest BCUT2D eigenvalue weighted by Crippen LogP contribution is 2.60. The zero-order chi connectivity index (χ0) is 29.1. The molecule has 0 aromatic heterocycles. The minimum atomic E-state index is -1.25. The van der Waals surface area contributed by atoms with Crippen molar-refractivity contribution in [1.29, 1.82) is 0 Å². The number of halogens is 3. The molecule has 1 amide bonds. The standard InChI is InChI=1S/C30H29Cl2FN4O4.CH4/c1-40-11-10-37-24-14-22(17-8-6-15(12-21(17)34)28(38)41-2)35-27(24)25(18-4-3-5-20(32)26(18)33)30(37)19-9-7-16(31)13-23(19)36-29(30)39;/h3-9,12-13,22,24-25,27,35H,10-11,14,34H2,1-2H3,(H,36,39);1H4/t22?,24-,25-,27+,30+;/m0./s1. The molecular weight excluding hydrogens is 582 g/mol. The smallest absolute Gasteiger partial charge is 0.337 e. The second-order valence-corrected chi connectivity index (χ2v) is 11.4. The van der Waals surface area contributed by atoms with E-state index in [0.717, 1.165) is 11.1 Å². The van der Waals surface area contributed by atoms with Crippen LogP contribution in [-0.2, 0) is 19.8 Å². The van der Waals surface area contributed by atoms with Crippen LogP contribution >= 0.6 is 23.2 Å². The molecule has 0 aliphatic carbocycles. The van der Waals surface area contributed by atoms with Crippen molar-refractivity contribution in [2.24, 2.45) is 0 Å². The Bertz CT molecular complexity index is 1560. The molecule has 0 saturated carbocycles. The monoisotopic (exact) mass is 614 g/mol. The van der Waals surface area contributed by atoms with Gasteiger partial charge in [0.2, 0.25) is 5.91 Å². The van der Waals surface area contributed by atoms with Gasteiger partial charge in [-0.15, -0.1) is 0 Å². The van der Waals surface area contributed by atoms with E-state index in [-0.39, 0.29) is 36.5 Å². The van der Waals surface area contributed by atoms with Crippen LogP contribution in [0.1, 0.15) is 52.9 Å². The first-order valence-corrected chi connectivity index (χ1v) is 14.0. The van der Waals surface area contributed by atoms with E-state index >= 15 is 4.39 Å². The maximum absolute atomic E-state index is 15.9. The number of nitrogens with zero attached hydrogens (tertiary/aromatic N) is 1. The Kier molecular flexibility index (Phi) is 8.26. The van der Waals surface area contributed by atoms with Gasteiger partial charge >= 0.3 is 5.97 Å². The molecule has 4 N–H and O–H groups in total. The van der Waals surface area contributed by atoms with Gasteiger partial charge in [-0.05, 0) is 47.9 Å². The summed E-state index contributed by atoms with van der Waals surface area (Å²) >= 11 is 12.6. The first kappa shape index (κ1) is 30.3. The highest BCUT2D eigenvalue weighted by molar-refractivity contribution is 6.31. The van der Waals surface area contributed by atoms with Gasteiger partial charge in [0.1, 0.15) is 11.4 Å². The Morgan fingerprint density at radius 2 is 1.93 bits per heavy atom. The van der Waals surface area contributed by atoms with E-state index in [1.807, 2.05) is 12.1 Å². The summed E-state index contributed by atoms with van der Waals surface area (Å²) in [5.74, 6) is -1.96. The molecule has 8 nitrogen and oxygen atoms in total. The van der Waals surface area contributed by atoms with Gasteiger partial charge in [-0.25, -0.2) is 9.18 Å². The van der Waals surface area contributed by atoms with E-state index in [4.69, 9.17) is 38.4 Å². The normalized spacial score (nSPS) is 26.1. The summed E-state index contributed by atoms with van der Waals surface area (Å²) < 4.78 is 26.2. The lowest BCUT2D eigenvalue weighted by atomic mass is 9.73. The van der Waals surface area contributed by atoms with E-state index in [0.29, 0.717) is 47.1 Å². The fourth-order valence-corrected chi connectivity index (χ4v) is 7.44. The molecule has 3 heterocycles. The Balaban J connectivity index is 0.00000353. The van der Waals surface area contributed by atoms with Crippen molar-refractivity contribution in [3.05, 3.63) is 92.7 Å². The molecule has 11 heteroatoms. The Morgan fingerprint density at radius 1 is 1.14 bits per heavy atom. The molecule has 42 heavy (non-hydrogen) atoms. The molecule has 0 bridgehead atoms. The van der Waals surface area contributed by atoms with Crippen LogP contribution in [0.15, 0.2) is 54.6 Å². The summed E-state index contributed by atoms with van der Waals surface area (Å²) in [5.41, 5.74) is 8.43. The van der Waals surface area contributed by atoms with Crippen LogP contribution in [0, 0.1) is 5.82 Å². The van der Waals surface area contributed by atoms with E-state index < -0.39 is 23.2 Å². The predicted octanol–water partition coefficient (Wildman–Crippen LogP) is 5.50. The lowest BCUT2D eigenvalue weighted by Crippen LogP contribution is -2.53. The van der Waals surface area contributed by atoms with Crippen molar-refractivity contribution in [2.75, 3.05) is 38.4 Å². The van der Waals surface area contributed by atoms with Crippen LogP contribution in [-0.4, -0.2) is 56.2 Å². The van der Waals surface area contributed by atoms with Crippen molar-refractivity contribution < 1.29 is 23.5 Å². The SMILES string of the molecule is C.COCCN1[C@H]2CC(c3ccc(C(=O)OC)cc3N)N[C@H]2[C@H](c2cccc(Cl)c2F)[C@]12C(=O)Nc1cc(Cl)ccc12. The predicted molar refractivity (Wildman–Crippen MR) is 161 cm³/mol. The number of likely N-dealkylation sites (tertiary alicyclic amines) is 1. The molecular formula is C31H33Cl2FN4O4. The molecule has 1 spiro atoms.